The molecule has 0 unspecified atom stereocenters. The van der Waals surface area contributed by atoms with Crippen LogP contribution in [0.15, 0.2) is 29.2 Å². The van der Waals surface area contributed by atoms with E-state index in [0.29, 0.717) is 11.3 Å². The quantitative estimate of drug-likeness (QED) is 0.865. The van der Waals surface area contributed by atoms with Crippen LogP contribution in [0.2, 0.25) is 0 Å². The van der Waals surface area contributed by atoms with Crippen LogP contribution in [0.5, 0.6) is 0 Å². The Bertz CT molecular complexity index is 500. The molecule has 4 nitrogen and oxygen atoms in total. The van der Waals surface area contributed by atoms with Gasteiger partial charge >= 0.3 is 0 Å². The molecule has 0 aliphatic carbocycles. The Kier molecular flexibility index (Phi) is 4.67. The Morgan fingerprint density at radius 2 is 1.94 bits per heavy atom. The molecule has 0 fully saturated rings. The smallest absolute Gasteiger partial charge is 0.178 e. The van der Waals surface area contributed by atoms with E-state index in [0.717, 1.165) is 5.56 Å². The second-order valence-corrected chi connectivity index (χ2v) is 5.95. The zero-order valence-electron chi connectivity index (χ0n) is 9.97. The van der Waals surface area contributed by atoms with Gasteiger partial charge in [-0.2, -0.15) is 5.26 Å². The highest BCUT2D eigenvalue weighted by atomic mass is 32.2. The van der Waals surface area contributed by atoms with Crippen LogP contribution in [0.3, 0.4) is 0 Å². The van der Waals surface area contributed by atoms with Gasteiger partial charge in [0.2, 0.25) is 0 Å². The van der Waals surface area contributed by atoms with Gasteiger partial charge in [0.1, 0.15) is 0 Å². The van der Waals surface area contributed by atoms with Crippen molar-refractivity contribution in [1.29, 1.82) is 5.26 Å². The summed E-state index contributed by atoms with van der Waals surface area (Å²) in [5.41, 5.74) is 0.920. The van der Waals surface area contributed by atoms with Gasteiger partial charge < -0.3 is 5.32 Å². The normalized spacial score (nSPS) is 13.0. The Labute approximate surface area is 102 Å². The fourth-order valence-electron chi connectivity index (χ4n) is 1.55. The molecule has 1 aromatic carbocycles. The molecule has 1 N–H and O–H groups in total. The molecule has 0 spiro atoms. The van der Waals surface area contributed by atoms with Gasteiger partial charge in [-0.15, -0.1) is 0 Å². The summed E-state index contributed by atoms with van der Waals surface area (Å²) in [6, 6.07) is 8.72. The molecule has 0 radical (unpaired) electrons. The molecule has 5 heteroatoms. The Balaban J connectivity index is 3.00. The fourth-order valence-corrected chi connectivity index (χ4v) is 2.44. The van der Waals surface area contributed by atoms with Crippen molar-refractivity contribution in [1.82, 2.24) is 5.32 Å². The maximum Gasteiger partial charge on any atom is 0.178 e. The molecule has 0 heterocycles. The number of nitriles is 1. The first kappa shape index (κ1) is 13.7. The van der Waals surface area contributed by atoms with E-state index < -0.39 is 9.84 Å². The lowest BCUT2D eigenvalue weighted by molar-refractivity contribution is 0.595. The van der Waals surface area contributed by atoms with Gasteiger partial charge in [0.05, 0.1) is 23.1 Å². The summed E-state index contributed by atoms with van der Waals surface area (Å²) >= 11 is 0. The zero-order chi connectivity index (χ0) is 12.9. The molecule has 0 saturated carbocycles. The van der Waals surface area contributed by atoms with Crippen molar-refractivity contribution in [3.63, 3.8) is 0 Å². The number of benzene rings is 1. The van der Waals surface area contributed by atoms with Gasteiger partial charge in [0.25, 0.3) is 0 Å². The third kappa shape index (κ3) is 3.29. The SMILES string of the molecule is CCS(=O)(=O)c1ccc([C@H](CC#N)NC)cc1. The molecule has 0 aromatic heterocycles. The number of hydrogen-bond acceptors (Lipinski definition) is 4. The van der Waals surface area contributed by atoms with Gasteiger partial charge in [0, 0.05) is 6.04 Å². The first-order valence-corrected chi connectivity index (χ1v) is 7.07. The van der Waals surface area contributed by atoms with Crippen molar-refractivity contribution >= 4 is 9.84 Å². The van der Waals surface area contributed by atoms with E-state index in [1.54, 1.807) is 38.2 Å². The minimum Gasteiger partial charge on any atom is -0.312 e. The lowest BCUT2D eigenvalue weighted by atomic mass is 10.1. The number of sulfone groups is 1. The van der Waals surface area contributed by atoms with Crippen LogP contribution in [0, 0.1) is 11.3 Å². The third-order valence-corrected chi connectivity index (χ3v) is 4.42. The first-order valence-electron chi connectivity index (χ1n) is 5.42. The van der Waals surface area contributed by atoms with Crippen molar-refractivity contribution in [3.8, 4) is 6.07 Å². The monoisotopic (exact) mass is 252 g/mol. The van der Waals surface area contributed by atoms with Crippen LogP contribution in [-0.4, -0.2) is 21.2 Å². The summed E-state index contributed by atoms with van der Waals surface area (Å²) in [5.74, 6) is 0.0972. The van der Waals surface area contributed by atoms with E-state index >= 15 is 0 Å². The predicted octanol–water partition coefficient (Wildman–Crippen LogP) is 1.65. The summed E-state index contributed by atoms with van der Waals surface area (Å²) in [5, 5.41) is 11.7. The van der Waals surface area contributed by atoms with E-state index in [1.165, 1.54) is 0 Å². The highest BCUT2D eigenvalue weighted by Crippen LogP contribution is 2.19. The lowest BCUT2D eigenvalue weighted by Gasteiger charge is -2.13. The molecule has 0 amide bonds. The number of hydrogen-bond donors (Lipinski definition) is 1. The van der Waals surface area contributed by atoms with Crippen molar-refractivity contribution in [2.24, 2.45) is 0 Å². The average Bonchev–Trinajstić information content (AvgIpc) is 2.36. The van der Waals surface area contributed by atoms with Crippen LogP contribution >= 0.6 is 0 Å². The summed E-state index contributed by atoms with van der Waals surface area (Å²) in [7, 11) is -1.37. The molecule has 1 aromatic rings. The van der Waals surface area contributed by atoms with Crippen LogP contribution in [0.25, 0.3) is 0 Å². The predicted molar refractivity (Wildman–Crippen MR) is 66.2 cm³/mol. The number of nitrogens with zero attached hydrogens (tertiary/aromatic N) is 1. The van der Waals surface area contributed by atoms with Gasteiger partial charge in [-0.1, -0.05) is 19.1 Å². The summed E-state index contributed by atoms with van der Waals surface area (Å²) in [6.45, 7) is 1.62. The Hall–Kier alpha value is -1.38. The van der Waals surface area contributed by atoms with Crippen LogP contribution in [-0.2, 0) is 9.84 Å². The third-order valence-electron chi connectivity index (χ3n) is 2.67. The Morgan fingerprint density at radius 1 is 1.35 bits per heavy atom. The van der Waals surface area contributed by atoms with Crippen LogP contribution < -0.4 is 5.32 Å². The molecule has 0 saturated heterocycles. The van der Waals surface area contributed by atoms with E-state index in [2.05, 4.69) is 11.4 Å². The first-order chi connectivity index (χ1) is 8.05. The molecule has 0 aliphatic rings. The van der Waals surface area contributed by atoms with Crippen molar-refractivity contribution in [3.05, 3.63) is 29.8 Å². The van der Waals surface area contributed by atoms with Crippen molar-refractivity contribution in [2.45, 2.75) is 24.3 Å². The minimum absolute atomic E-state index is 0.0571. The van der Waals surface area contributed by atoms with E-state index in [9.17, 15) is 8.42 Å². The molecule has 0 aliphatic heterocycles. The van der Waals surface area contributed by atoms with Crippen molar-refractivity contribution in [2.75, 3.05) is 12.8 Å². The van der Waals surface area contributed by atoms with E-state index in [4.69, 9.17) is 5.26 Å². The topological polar surface area (TPSA) is 70.0 Å². The maximum absolute atomic E-state index is 11.6. The lowest BCUT2D eigenvalue weighted by Crippen LogP contribution is -2.15. The number of nitrogens with one attached hydrogen (secondary N) is 1. The van der Waals surface area contributed by atoms with Gasteiger partial charge in [-0.3, -0.25) is 0 Å². The largest absolute Gasteiger partial charge is 0.312 e. The van der Waals surface area contributed by atoms with E-state index in [1.807, 2.05) is 0 Å². The molecular weight excluding hydrogens is 236 g/mol. The molecular formula is C12H16N2O2S. The fraction of sp³-hybridized carbons (Fsp3) is 0.417. The van der Waals surface area contributed by atoms with Crippen LogP contribution in [0.1, 0.15) is 24.9 Å². The van der Waals surface area contributed by atoms with E-state index in [-0.39, 0.29) is 11.8 Å². The number of rotatable bonds is 5. The molecule has 1 atom stereocenters. The van der Waals surface area contributed by atoms with Gasteiger partial charge in [0.15, 0.2) is 9.84 Å². The highest BCUT2D eigenvalue weighted by molar-refractivity contribution is 7.91. The molecule has 0 bridgehead atoms. The zero-order valence-corrected chi connectivity index (χ0v) is 10.8. The minimum atomic E-state index is -3.15. The molecule has 17 heavy (non-hydrogen) atoms. The Morgan fingerprint density at radius 3 is 2.35 bits per heavy atom. The van der Waals surface area contributed by atoms with Gasteiger partial charge in [-0.05, 0) is 24.7 Å². The van der Waals surface area contributed by atoms with Crippen molar-refractivity contribution < 1.29 is 8.42 Å². The second kappa shape index (κ2) is 5.80. The summed E-state index contributed by atoms with van der Waals surface area (Å²) < 4.78 is 23.2. The van der Waals surface area contributed by atoms with Gasteiger partial charge in [-0.25, -0.2) is 8.42 Å². The van der Waals surface area contributed by atoms with Crippen LogP contribution in [0.4, 0.5) is 0 Å². The molecule has 1 rings (SSSR count). The highest BCUT2D eigenvalue weighted by Gasteiger charge is 2.13. The standard InChI is InChI=1S/C12H16N2O2S/c1-3-17(15,16)11-6-4-10(5-7-11)12(14-2)8-9-13/h4-7,12,14H,3,8H2,1-2H3/t12-/m0/s1. The second-order valence-electron chi connectivity index (χ2n) is 3.68. The summed E-state index contributed by atoms with van der Waals surface area (Å²) in [4.78, 5) is 0.329. The maximum atomic E-state index is 11.6. The molecule has 92 valence electrons. The average molecular weight is 252 g/mol. The summed E-state index contributed by atoms with van der Waals surface area (Å²) in [6.07, 6.45) is 0.358.